The van der Waals surface area contributed by atoms with Gasteiger partial charge in [0.25, 0.3) is 0 Å². The predicted molar refractivity (Wildman–Crippen MR) is 60.2 cm³/mol. The highest BCUT2D eigenvalue weighted by molar-refractivity contribution is 5.40. The minimum Gasteiger partial charge on any atom is -0.339 e. The van der Waals surface area contributed by atoms with E-state index in [2.05, 4.69) is 25.4 Å². The Hall–Kier alpha value is -1.82. The third kappa shape index (κ3) is 2.16. The lowest BCUT2D eigenvalue weighted by Gasteiger charge is -2.18. The van der Waals surface area contributed by atoms with Crippen LogP contribution in [0.25, 0.3) is 11.6 Å². The number of aromatic nitrogens is 4. The van der Waals surface area contributed by atoms with Crippen molar-refractivity contribution in [3.8, 4) is 11.6 Å². The van der Waals surface area contributed by atoms with Crippen LogP contribution in [0.5, 0.6) is 0 Å². The standard InChI is InChI=1S/C11H13N5O/c1-3-8(7-12-4-1)11-15-10(16-17-11)9-13-5-2-6-14-9/h2,5-6,8,12H,1,3-4,7H2. The summed E-state index contributed by atoms with van der Waals surface area (Å²) in [5, 5.41) is 7.25. The minimum atomic E-state index is 0.314. The second-order valence-electron chi connectivity index (χ2n) is 4.07. The highest BCUT2D eigenvalue weighted by atomic mass is 16.5. The monoisotopic (exact) mass is 231 g/mol. The fraction of sp³-hybridized carbons (Fsp3) is 0.455. The van der Waals surface area contributed by atoms with E-state index in [4.69, 9.17) is 4.52 Å². The second kappa shape index (κ2) is 4.58. The lowest BCUT2D eigenvalue weighted by Crippen LogP contribution is -2.28. The van der Waals surface area contributed by atoms with E-state index in [-0.39, 0.29) is 0 Å². The number of piperidine rings is 1. The Labute approximate surface area is 98.5 Å². The second-order valence-corrected chi connectivity index (χ2v) is 4.07. The summed E-state index contributed by atoms with van der Waals surface area (Å²) < 4.78 is 5.28. The lowest BCUT2D eigenvalue weighted by atomic mass is 10.00. The summed E-state index contributed by atoms with van der Waals surface area (Å²) >= 11 is 0. The summed E-state index contributed by atoms with van der Waals surface area (Å²) in [7, 11) is 0. The Bertz CT molecular complexity index is 478. The molecule has 1 aliphatic heterocycles. The average molecular weight is 231 g/mol. The first kappa shape index (κ1) is 10.3. The van der Waals surface area contributed by atoms with E-state index in [1.807, 2.05) is 0 Å². The van der Waals surface area contributed by atoms with E-state index in [0.29, 0.717) is 23.5 Å². The van der Waals surface area contributed by atoms with Gasteiger partial charge in [-0.25, -0.2) is 9.97 Å². The van der Waals surface area contributed by atoms with Gasteiger partial charge in [0.15, 0.2) is 0 Å². The molecule has 0 radical (unpaired) electrons. The highest BCUT2D eigenvalue weighted by Gasteiger charge is 2.22. The third-order valence-corrected chi connectivity index (χ3v) is 2.85. The predicted octanol–water partition coefficient (Wildman–Crippen LogP) is 0.994. The molecule has 1 unspecified atom stereocenters. The van der Waals surface area contributed by atoms with Gasteiger partial charge in [0.1, 0.15) is 0 Å². The summed E-state index contributed by atoms with van der Waals surface area (Å²) in [6, 6.07) is 1.76. The van der Waals surface area contributed by atoms with Crippen molar-refractivity contribution >= 4 is 0 Å². The first-order valence-corrected chi connectivity index (χ1v) is 5.75. The van der Waals surface area contributed by atoms with Crippen LogP contribution < -0.4 is 5.32 Å². The molecule has 1 N–H and O–H groups in total. The molecule has 1 saturated heterocycles. The Balaban J connectivity index is 1.83. The van der Waals surface area contributed by atoms with Gasteiger partial charge in [-0.3, -0.25) is 0 Å². The number of nitrogens with zero attached hydrogens (tertiary/aromatic N) is 4. The Morgan fingerprint density at radius 2 is 2.12 bits per heavy atom. The molecule has 3 heterocycles. The molecule has 1 fully saturated rings. The number of rotatable bonds is 2. The molecule has 0 bridgehead atoms. The van der Waals surface area contributed by atoms with Crippen LogP contribution >= 0.6 is 0 Å². The topological polar surface area (TPSA) is 76.7 Å². The van der Waals surface area contributed by atoms with E-state index in [1.165, 1.54) is 0 Å². The average Bonchev–Trinajstić information content (AvgIpc) is 2.90. The number of hydrogen-bond acceptors (Lipinski definition) is 6. The van der Waals surface area contributed by atoms with Crippen molar-refractivity contribution in [3.63, 3.8) is 0 Å². The fourth-order valence-electron chi connectivity index (χ4n) is 1.97. The molecular weight excluding hydrogens is 218 g/mol. The molecule has 3 rings (SSSR count). The van der Waals surface area contributed by atoms with Gasteiger partial charge in [-0.05, 0) is 25.5 Å². The zero-order valence-electron chi connectivity index (χ0n) is 9.33. The molecule has 0 aromatic carbocycles. The van der Waals surface area contributed by atoms with Crippen molar-refractivity contribution in [1.82, 2.24) is 25.4 Å². The van der Waals surface area contributed by atoms with Crippen molar-refractivity contribution in [3.05, 3.63) is 24.4 Å². The van der Waals surface area contributed by atoms with Crippen LogP contribution in [0.4, 0.5) is 0 Å². The van der Waals surface area contributed by atoms with Crippen molar-refractivity contribution in [2.75, 3.05) is 13.1 Å². The molecule has 1 aliphatic rings. The molecule has 0 saturated carbocycles. The lowest BCUT2D eigenvalue weighted by molar-refractivity contribution is 0.322. The van der Waals surface area contributed by atoms with E-state index in [0.717, 1.165) is 25.9 Å². The molecule has 0 amide bonds. The van der Waals surface area contributed by atoms with E-state index in [1.54, 1.807) is 18.5 Å². The molecule has 17 heavy (non-hydrogen) atoms. The van der Waals surface area contributed by atoms with Crippen molar-refractivity contribution < 1.29 is 4.52 Å². The van der Waals surface area contributed by atoms with E-state index in [9.17, 15) is 0 Å². The van der Waals surface area contributed by atoms with Gasteiger partial charge in [0.05, 0.1) is 5.92 Å². The maximum Gasteiger partial charge on any atom is 0.240 e. The quantitative estimate of drug-likeness (QED) is 0.830. The molecule has 88 valence electrons. The molecule has 2 aromatic heterocycles. The highest BCUT2D eigenvalue weighted by Crippen LogP contribution is 2.22. The van der Waals surface area contributed by atoms with Crippen LogP contribution in [0, 0.1) is 0 Å². The van der Waals surface area contributed by atoms with Crippen LogP contribution in [-0.4, -0.2) is 33.2 Å². The summed E-state index contributed by atoms with van der Waals surface area (Å²) in [6.45, 7) is 1.97. The van der Waals surface area contributed by atoms with Gasteiger partial charge in [0, 0.05) is 18.9 Å². The van der Waals surface area contributed by atoms with Crippen molar-refractivity contribution in [2.45, 2.75) is 18.8 Å². The van der Waals surface area contributed by atoms with Gasteiger partial charge in [-0.2, -0.15) is 4.98 Å². The normalized spacial score (nSPS) is 20.4. The molecule has 6 heteroatoms. The van der Waals surface area contributed by atoms with Crippen LogP contribution in [0.3, 0.4) is 0 Å². The number of hydrogen-bond donors (Lipinski definition) is 1. The number of nitrogens with one attached hydrogen (secondary N) is 1. The maximum atomic E-state index is 5.28. The van der Waals surface area contributed by atoms with Gasteiger partial charge in [0.2, 0.25) is 17.5 Å². The SMILES string of the molecule is c1cnc(-c2noc(C3CCCNC3)n2)nc1. The Morgan fingerprint density at radius 1 is 1.24 bits per heavy atom. The molecule has 6 nitrogen and oxygen atoms in total. The van der Waals surface area contributed by atoms with Crippen LogP contribution in [0.2, 0.25) is 0 Å². The fourth-order valence-corrected chi connectivity index (χ4v) is 1.97. The van der Waals surface area contributed by atoms with Crippen LogP contribution in [0.1, 0.15) is 24.7 Å². The summed E-state index contributed by atoms with van der Waals surface area (Å²) in [5.41, 5.74) is 0. The first-order chi connectivity index (χ1) is 8.43. The maximum absolute atomic E-state index is 5.28. The van der Waals surface area contributed by atoms with Crippen molar-refractivity contribution in [1.29, 1.82) is 0 Å². The molecule has 2 aromatic rings. The first-order valence-electron chi connectivity index (χ1n) is 5.75. The van der Waals surface area contributed by atoms with Crippen LogP contribution in [-0.2, 0) is 0 Å². The van der Waals surface area contributed by atoms with Gasteiger partial charge >= 0.3 is 0 Å². The minimum absolute atomic E-state index is 0.314. The summed E-state index contributed by atoms with van der Waals surface area (Å²) in [5.74, 6) is 1.96. The van der Waals surface area contributed by atoms with Gasteiger partial charge in [-0.1, -0.05) is 5.16 Å². The Kier molecular flexibility index (Phi) is 2.79. The summed E-state index contributed by atoms with van der Waals surface area (Å²) in [4.78, 5) is 12.6. The van der Waals surface area contributed by atoms with E-state index >= 15 is 0 Å². The zero-order valence-corrected chi connectivity index (χ0v) is 9.33. The molecular formula is C11H13N5O. The Morgan fingerprint density at radius 3 is 2.88 bits per heavy atom. The molecule has 0 spiro atoms. The van der Waals surface area contributed by atoms with Crippen LogP contribution in [0.15, 0.2) is 23.0 Å². The zero-order chi connectivity index (χ0) is 11.5. The molecule has 0 aliphatic carbocycles. The smallest absolute Gasteiger partial charge is 0.240 e. The third-order valence-electron chi connectivity index (χ3n) is 2.85. The van der Waals surface area contributed by atoms with Gasteiger partial charge in [-0.15, -0.1) is 0 Å². The largest absolute Gasteiger partial charge is 0.339 e. The van der Waals surface area contributed by atoms with Gasteiger partial charge < -0.3 is 9.84 Å². The summed E-state index contributed by atoms with van der Waals surface area (Å²) in [6.07, 6.45) is 5.57. The van der Waals surface area contributed by atoms with Crippen molar-refractivity contribution in [2.24, 2.45) is 0 Å². The van der Waals surface area contributed by atoms with E-state index < -0.39 is 0 Å². The molecule has 1 atom stereocenters.